The molecule has 0 atom stereocenters. The van der Waals surface area contributed by atoms with Crippen LogP contribution in [0.3, 0.4) is 0 Å². The maximum atomic E-state index is 9.07. The van der Waals surface area contributed by atoms with Crippen molar-refractivity contribution >= 4 is 15.9 Å². The number of aliphatic hydroxyl groups excluding tert-OH is 1. The maximum absolute atomic E-state index is 9.07. The molecule has 1 aliphatic heterocycles. The van der Waals surface area contributed by atoms with E-state index in [2.05, 4.69) is 50.2 Å². The number of benzene rings is 1. The molecule has 0 fully saturated rings. The number of hydrogen-bond donors (Lipinski definition) is 1. The van der Waals surface area contributed by atoms with Gasteiger partial charge in [-0.05, 0) is 57.8 Å². The van der Waals surface area contributed by atoms with Crippen molar-refractivity contribution in [1.29, 1.82) is 0 Å². The number of aromatic nitrogens is 1. The third-order valence-electron chi connectivity index (χ3n) is 4.05. The second-order valence-corrected chi connectivity index (χ2v) is 6.81. The zero-order chi connectivity index (χ0) is 17.5. The van der Waals surface area contributed by atoms with Crippen LogP contribution in [0.25, 0.3) is 0 Å². The lowest BCUT2D eigenvalue weighted by molar-refractivity contribution is 0.201. The Morgan fingerprint density at radius 3 is 2.56 bits per heavy atom. The molecule has 0 bridgehead atoms. The van der Waals surface area contributed by atoms with Gasteiger partial charge in [0.25, 0.3) is 0 Å². The molecule has 4 nitrogen and oxygen atoms in total. The molecule has 0 radical (unpaired) electrons. The summed E-state index contributed by atoms with van der Waals surface area (Å²) in [5.41, 5.74) is 3.14. The van der Waals surface area contributed by atoms with Crippen LogP contribution in [0, 0.1) is 0 Å². The van der Waals surface area contributed by atoms with Gasteiger partial charge in [-0.2, -0.15) is 0 Å². The Labute approximate surface area is 156 Å². The molecule has 0 saturated heterocycles. The Bertz CT molecular complexity index is 739. The summed E-state index contributed by atoms with van der Waals surface area (Å²) >= 11 is 3.38. The largest absolute Gasteiger partial charge is 0.488 e. The summed E-state index contributed by atoms with van der Waals surface area (Å²) in [7, 11) is 0. The first-order chi connectivity index (χ1) is 12.2. The molecular weight excluding hydrogens is 380 g/mol. The minimum Gasteiger partial charge on any atom is -0.488 e. The molecule has 0 unspecified atom stereocenters. The molecule has 1 aromatic heterocycles. The zero-order valence-corrected chi connectivity index (χ0v) is 15.5. The van der Waals surface area contributed by atoms with Crippen molar-refractivity contribution in [3.8, 4) is 0 Å². The van der Waals surface area contributed by atoms with Crippen molar-refractivity contribution in [3.05, 3.63) is 88.0 Å². The average molecular weight is 401 g/mol. The van der Waals surface area contributed by atoms with Crippen LogP contribution in [0.4, 0.5) is 0 Å². The number of ether oxygens (including phenoxy) is 1. The normalized spacial score (nSPS) is 13.7. The fourth-order valence-electron chi connectivity index (χ4n) is 2.52. The molecular formula is C20H21BrN2O2. The average Bonchev–Trinajstić information content (AvgIpc) is 2.67. The van der Waals surface area contributed by atoms with Crippen molar-refractivity contribution in [2.24, 2.45) is 0 Å². The van der Waals surface area contributed by atoms with Gasteiger partial charge in [0.15, 0.2) is 0 Å². The van der Waals surface area contributed by atoms with Gasteiger partial charge in [-0.3, -0.25) is 4.98 Å². The Morgan fingerprint density at radius 1 is 1.12 bits per heavy atom. The van der Waals surface area contributed by atoms with E-state index in [1.54, 1.807) is 6.20 Å². The second-order valence-electron chi connectivity index (χ2n) is 5.90. The van der Waals surface area contributed by atoms with Gasteiger partial charge in [-0.15, -0.1) is 0 Å². The summed E-state index contributed by atoms with van der Waals surface area (Å²) in [5.74, 6) is 0.883. The SMILES string of the molecule is OCc1ccc(CCN2C=CC(OCc3ccc(Br)cn3)=CC2)cc1. The van der Waals surface area contributed by atoms with Crippen molar-refractivity contribution in [3.63, 3.8) is 0 Å². The first-order valence-electron chi connectivity index (χ1n) is 8.27. The fourth-order valence-corrected chi connectivity index (χ4v) is 2.76. The quantitative estimate of drug-likeness (QED) is 0.767. The summed E-state index contributed by atoms with van der Waals surface area (Å²) in [6, 6.07) is 12.0. The minimum absolute atomic E-state index is 0.0957. The topological polar surface area (TPSA) is 45.6 Å². The molecule has 2 aromatic rings. The number of nitrogens with zero attached hydrogens (tertiary/aromatic N) is 2. The van der Waals surface area contributed by atoms with Crippen LogP contribution in [-0.4, -0.2) is 28.1 Å². The van der Waals surface area contributed by atoms with Gasteiger partial charge in [0.2, 0.25) is 0 Å². The summed E-state index contributed by atoms with van der Waals surface area (Å²) in [6.45, 7) is 2.36. The van der Waals surface area contributed by atoms with Gasteiger partial charge in [-0.1, -0.05) is 24.3 Å². The van der Waals surface area contributed by atoms with Crippen molar-refractivity contribution in [1.82, 2.24) is 9.88 Å². The van der Waals surface area contributed by atoms with E-state index in [1.807, 2.05) is 30.3 Å². The number of aliphatic hydroxyl groups is 1. The highest BCUT2D eigenvalue weighted by molar-refractivity contribution is 9.10. The van der Waals surface area contributed by atoms with Gasteiger partial charge < -0.3 is 14.7 Å². The molecule has 0 amide bonds. The molecule has 3 rings (SSSR count). The van der Waals surface area contributed by atoms with E-state index in [-0.39, 0.29) is 6.61 Å². The van der Waals surface area contributed by atoms with E-state index in [0.717, 1.165) is 41.0 Å². The third-order valence-corrected chi connectivity index (χ3v) is 4.51. The van der Waals surface area contributed by atoms with E-state index in [4.69, 9.17) is 9.84 Å². The van der Waals surface area contributed by atoms with E-state index in [1.165, 1.54) is 5.56 Å². The third kappa shape index (κ3) is 5.44. The molecule has 1 N–H and O–H groups in total. The molecule has 1 aromatic carbocycles. The van der Waals surface area contributed by atoms with Crippen LogP contribution in [0.15, 0.2) is 71.2 Å². The minimum atomic E-state index is 0.0957. The summed E-state index contributed by atoms with van der Waals surface area (Å²) in [4.78, 5) is 6.56. The summed E-state index contributed by atoms with van der Waals surface area (Å²) < 4.78 is 6.76. The van der Waals surface area contributed by atoms with Crippen molar-refractivity contribution in [2.75, 3.05) is 13.1 Å². The lowest BCUT2D eigenvalue weighted by Crippen LogP contribution is -2.23. The molecule has 5 heteroatoms. The highest BCUT2D eigenvalue weighted by Crippen LogP contribution is 2.13. The van der Waals surface area contributed by atoms with Crippen LogP contribution < -0.4 is 0 Å². The lowest BCUT2D eigenvalue weighted by Gasteiger charge is -2.22. The molecule has 25 heavy (non-hydrogen) atoms. The van der Waals surface area contributed by atoms with Crippen LogP contribution in [0.5, 0.6) is 0 Å². The van der Waals surface area contributed by atoms with Gasteiger partial charge >= 0.3 is 0 Å². The highest BCUT2D eigenvalue weighted by Gasteiger charge is 2.06. The zero-order valence-electron chi connectivity index (χ0n) is 13.9. The first kappa shape index (κ1) is 17.7. The van der Waals surface area contributed by atoms with Crippen molar-refractivity contribution < 1.29 is 9.84 Å². The Kier molecular flexibility index (Phi) is 6.25. The molecule has 0 aliphatic carbocycles. The van der Waals surface area contributed by atoms with Crippen LogP contribution in [0.1, 0.15) is 16.8 Å². The fraction of sp³-hybridized carbons (Fsp3) is 0.250. The molecule has 0 spiro atoms. The summed E-state index contributed by atoms with van der Waals surface area (Å²) in [5, 5.41) is 9.07. The smallest absolute Gasteiger partial charge is 0.130 e. The van der Waals surface area contributed by atoms with Crippen LogP contribution >= 0.6 is 15.9 Å². The van der Waals surface area contributed by atoms with Crippen LogP contribution in [0.2, 0.25) is 0 Å². The molecule has 0 saturated carbocycles. The van der Waals surface area contributed by atoms with E-state index in [0.29, 0.717) is 6.61 Å². The summed E-state index contributed by atoms with van der Waals surface area (Å²) in [6.07, 6.45) is 8.92. The highest BCUT2D eigenvalue weighted by atomic mass is 79.9. The standard InChI is InChI=1S/C20H21BrN2O2/c21-18-5-6-19(22-13-18)15-25-20-8-11-23(12-9-20)10-7-16-1-3-17(14-24)4-2-16/h1-6,8-9,11,13,24H,7,10,12,14-15H2. The molecule has 2 heterocycles. The van der Waals surface area contributed by atoms with E-state index >= 15 is 0 Å². The molecule has 1 aliphatic rings. The van der Waals surface area contributed by atoms with E-state index < -0.39 is 0 Å². The monoisotopic (exact) mass is 400 g/mol. The number of rotatable bonds is 7. The van der Waals surface area contributed by atoms with Gasteiger partial charge in [-0.25, -0.2) is 0 Å². The Hall–Kier alpha value is -2.11. The number of pyridine rings is 1. The number of hydrogen-bond acceptors (Lipinski definition) is 4. The number of halogens is 1. The predicted octanol–water partition coefficient (Wildman–Crippen LogP) is 3.81. The van der Waals surface area contributed by atoms with E-state index in [9.17, 15) is 0 Å². The van der Waals surface area contributed by atoms with Crippen LogP contribution in [-0.2, 0) is 24.4 Å². The van der Waals surface area contributed by atoms with Crippen molar-refractivity contribution in [2.45, 2.75) is 19.6 Å². The second kappa shape index (κ2) is 8.83. The first-order valence-corrected chi connectivity index (χ1v) is 9.06. The lowest BCUT2D eigenvalue weighted by atomic mass is 10.1. The Balaban J connectivity index is 1.42. The van der Waals surface area contributed by atoms with Gasteiger partial charge in [0.05, 0.1) is 12.3 Å². The van der Waals surface area contributed by atoms with Gasteiger partial charge in [0, 0.05) is 30.0 Å². The molecule has 130 valence electrons. The Morgan fingerprint density at radius 2 is 1.92 bits per heavy atom. The number of allylic oxidation sites excluding steroid dienone is 1. The predicted molar refractivity (Wildman–Crippen MR) is 102 cm³/mol. The van der Waals surface area contributed by atoms with Gasteiger partial charge in [0.1, 0.15) is 12.4 Å². The maximum Gasteiger partial charge on any atom is 0.130 e.